The number of nitrogens with zero attached hydrogens (tertiary/aromatic N) is 1. The van der Waals surface area contributed by atoms with E-state index in [1.54, 1.807) is 0 Å². The zero-order valence-electron chi connectivity index (χ0n) is 9.35. The van der Waals surface area contributed by atoms with Crippen molar-refractivity contribution in [1.82, 2.24) is 5.06 Å². The van der Waals surface area contributed by atoms with E-state index in [0.29, 0.717) is 25.9 Å². The van der Waals surface area contributed by atoms with Gasteiger partial charge < -0.3 is 16.3 Å². The first kappa shape index (κ1) is 12.9. The van der Waals surface area contributed by atoms with Gasteiger partial charge in [-0.05, 0) is 25.8 Å². The predicted octanol–water partition coefficient (Wildman–Crippen LogP) is -0.477. The molecule has 6 heteroatoms. The summed E-state index contributed by atoms with van der Waals surface area (Å²) in [6.45, 7) is 1.06. The van der Waals surface area contributed by atoms with Gasteiger partial charge in [0, 0.05) is 6.42 Å². The van der Waals surface area contributed by atoms with Crippen LogP contribution < -0.4 is 11.5 Å². The molecule has 1 fully saturated rings. The summed E-state index contributed by atoms with van der Waals surface area (Å²) in [5.74, 6) is -0.685. The molecule has 1 aliphatic heterocycles. The van der Waals surface area contributed by atoms with E-state index in [4.69, 9.17) is 16.3 Å². The molecular weight excluding hydrogens is 210 g/mol. The Morgan fingerprint density at radius 3 is 2.81 bits per heavy atom. The Morgan fingerprint density at radius 2 is 2.25 bits per heavy atom. The Labute approximate surface area is 94.8 Å². The molecule has 0 spiro atoms. The highest BCUT2D eigenvalue weighted by Gasteiger charge is 2.26. The highest BCUT2D eigenvalue weighted by Crippen LogP contribution is 2.11. The SMILES string of the molecule is NCCCC[C@H](N)C(=O)ON1CCCC1=O. The highest BCUT2D eigenvalue weighted by atomic mass is 16.7. The third-order valence-corrected chi connectivity index (χ3v) is 2.50. The van der Waals surface area contributed by atoms with Gasteiger partial charge in [-0.15, -0.1) is 0 Å². The quantitative estimate of drug-likeness (QED) is 0.599. The van der Waals surface area contributed by atoms with Crippen molar-refractivity contribution in [2.24, 2.45) is 11.5 Å². The lowest BCUT2D eigenvalue weighted by Gasteiger charge is -2.17. The summed E-state index contributed by atoms with van der Waals surface area (Å²) in [5.41, 5.74) is 11.0. The molecule has 6 nitrogen and oxygen atoms in total. The van der Waals surface area contributed by atoms with Gasteiger partial charge in [-0.25, -0.2) is 4.79 Å². The van der Waals surface area contributed by atoms with Crippen LogP contribution in [0, 0.1) is 0 Å². The molecule has 0 unspecified atom stereocenters. The minimum Gasteiger partial charge on any atom is -0.336 e. The van der Waals surface area contributed by atoms with Gasteiger partial charge in [0.1, 0.15) is 6.04 Å². The van der Waals surface area contributed by atoms with Crippen LogP contribution in [0.15, 0.2) is 0 Å². The zero-order chi connectivity index (χ0) is 12.0. The normalized spacial score (nSPS) is 17.6. The second kappa shape index (κ2) is 6.44. The lowest BCUT2D eigenvalue weighted by molar-refractivity contribution is -0.194. The fourth-order valence-corrected chi connectivity index (χ4v) is 1.52. The van der Waals surface area contributed by atoms with Crippen LogP contribution in [-0.4, -0.2) is 36.1 Å². The third-order valence-electron chi connectivity index (χ3n) is 2.50. The number of amides is 1. The average Bonchev–Trinajstić information content (AvgIpc) is 2.64. The van der Waals surface area contributed by atoms with Crippen LogP contribution in [0.2, 0.25) is 0 Å². The van der Waals surface area contributed by atoms with Crippen molar-refractivity contribution < 1.29 is 14.4 Å². The third kappa shape index (κ3) is 3.79. The summed E-state index contributed by atoms with van der Waals surface area (Å²) in [7, 11) is 0. The van der Waals surface area contributed by atoms with Crippen LogP contribution >= 0.6 is 0 Å². The Balaban J connectivity index is 2.25. The summed E-state index contributed by atoms with van der Waals surface area (Å²) in [4.78, 5) is 27.6. The largest absolute Gasteiger partial charge is 0.349 e. The lowest BCUT2D eigenvalue weighted by Crippen LogP contribution is -2.38. The molecule has 0 aromatic carbocycles. The van der Waals surface area contributed by atoms with E-state index < -0.39 is 12.0 Å². The minimum absolute atomic E-state index is 0.150. The number of hydroxylamine groups is 2. The summed E-state index contributed by atoms with van der Waals surface area (Å²) in [6, 6.07) is -0.667. The van der Waals surface area contributed by atoms with Crippen molar-refractivity contribution in [2.75, 3.05) is 13.1 Å². The molecule has 0 aliphatic carbocycles. The maximum atomic E-state index is 11.5. The number of carbonyl (C=O) groups excluding carboxylic acids is 2. The van der Waals surface area contributed by atoms with Gasteiger partial charge in [0.25, 0.3) is 5.91 Å². The molecule has 0 aromatic heterocycles. The molecule has 1 heterocycles. The summed E-state index contributed by atoms with van der Waals surface area (Å²) in [5, 5.41) is 1.10. The van der Waals surface area contributed by atoms with Crippen LogP contribution in [0.3, 0.4) is 0 Å². The molecule has 0 aromatic rings. The van der Waals surface area contributed by atoms with E-state index >= 15 is 0 Å². The van der Waals surface area contributed by atoms with E-state index in [-0.39, 0.29) is 5.91 Å². The van der Waals surface area contributed by atoms with Crippen LogP contribution in [0.1, 0.15) is 32.1 Å². The molecule has 0 bridgehead atoms. The van der Waals surface area contributed by atoms with Crippen LogP contribution in [0.4, 0.5) is 0 Å². The molecule has 16 heavy (non-hydrogen) atoms. The van der Waals surface area contributed by atoms with Crippen molar-refractivity contribution in [3.05, 3.63) is 0 Å². The molecular formula is C10H19N3O3. The maximum Gasteiger partial charge on any atom is 0.349 e. The highest BCUT2D eigenvalue weighted by molar-refractivity contribution is 5.81. The van der Waals surface area contributed by atoms with Gasteiger partial charge in [0.15, 0.2) is 0 Å². The summed E-state index contributed by atoms with van der Waals surface area (Å²) >= 11 is 0. The van der Waals surface area contributed by atoms with Gasteiger partial charge in [-0.2, -0.15) is 5.06 Å². The first-order chi connectivity index (χ1) is 7.65. The number of unbranched alkanes of at least 4 members (excludes halogenated alkanes) is 1. The van der Waals surface area contributed by atoms with E-state index in [1.165, 1.54) is 0 Å². The molecule has 92 valence electrons. The number of hydrogen-bond donors (Lipinski definition) is 2. The van der Waals surface area contributed by atoms with Gasteiger partial charge in [-0.3, -0.25) is 4.79 Å². The Kier molecular flexibility index (Phi) is 5.21. The molecule has 1 aliphatic rings. The zero-order valence-corrected chi connectivity index (χ0v) is 9.35. The standard InChI is InChI=1S/C10H19N3O3/c11-6-2-1-4-8(12)10(15)16-13-7-3-5-9(13)14/h8H,1-7,11-12H2/t8-/m0/s1. The Bertz CT molecular complexity index is 258. The maximum absolute atomic E-state index is 11.5. The molecule has 0 saturated carbocycles. The lowest BCUT2D eigenvalue weighted by atomic mass is 10.1. The van der Waals surface area contributed by atoms with E-state index in [9.17, 15) is 9.59 Å². The number of nitrogens with two attached hydrogens (primary N) is 2. The molecule has 1 rings (SSSR count). The summed E-state index contributed by atoms with van der Waals surface area (Å²) in [6.07, 6.45) is 3.34. The first-order valence-electron chi connectivity index (χ1n) is 5.63. The van der Waals surface area contributed by atoms with E-state index in [1.807, 2.05) is 0 Å². The Morgan fingerprint density at radius 1 is 1.50 bits per heavy atom. The molecule has 0 radical (unpaired) electrons. The van der Waals surface area contributed by atoms with Crippen LogP contribution in [0.25, 0.3) is 0 Å². The molecule has 4 N–H and O–H groups in total. The summed E-state index contributed by atoms with van der Waals surface area (Å²) < 4.78 is 0. The molecule has 1 atom stereocenters. The Hall–Kier alpha value is -1.14. The van der Waals surface area contributed by atoms with Crippen molar-refractivity contribution >= 4 is 11.9 Å². The van der Waals surface area contributed by atoms with Crippen molar-refractivity contribution in [3.63, 3.8) is 0 Å². The monoisotopic (exact) mass is 229 g/mol. The fourth-order valence-electron chi connectivity index (χ4n) is 1.52. The van der Waals surface area contributed by atoms with E-state index in [2.05, 4.69) is 0 Å². The van der Waals surface area contributed by atoms with Crippen LogP contribution in [-0.2, 0) is 14.4 Å². The van der Waals surface area contributed by atoms with Gasteiger partial charge in [0.2, 0.25) is 0 Å². The average molecular weight is 229 g/mol. The van der Waals surface area contributed by atoms with Crippen molar-refractivity contribution in [1.29, 1.82) is 0 Å². The predicted molar refractivity (Wildman–Crippen MR) is 57.9 cm³/mol. The minimum atomic E-state index is -0.667. The first-order valence-corrected chi connectivity index (χ1v) is 5.63. The van der Waals surface area contributed by atoms with Gasteiger partial charge in [0.05, 0.1) is 6.54 Å². The van der Waals surface area contributed by atoms with Crippen molar-refractivity contribution in [2.45, 2.75) is 38.1 Å². The number of carbonyl (C=O) groups is 2. The molecule has 1 amide bonds. The van der Waals surface area contributed by atoms with Crippen LogP contribution in [0.5, 0.6) is 0 Å². The van der Waals surface area contributed by atoms with Gasteiger partial charge in [-0.1, -0.05) is 6.42 Å². The fraction of sp³-hybridized carbons (Fsp3) is 0.800. The van der Waals surface area contributed by atoms with Gasteiger partial charge >= 0.3 is 5.97 Å². The second-order valence-corrected chi connectivity index (χ2v) is 3.90. The number of hydrogen-bond acceptors (Lipinski definition) is 5. The molecule has 1 saturated heterocycles. The topological polar surface area (TPSA) is 98.7 Å². The van der Waals surface area contributed by atoms with E-state index in [0.717, 1.165) is 24.3 Å². The number of rotatable bonds is 6. The van der Waals surface area contributed by atoms with Crippen molar-refractivity contribution in [3.8, 4) is 0 Å². The second-order valence-electron chi connectivity index (χ2n) is 3.90. The smallest absolute Gasteiger partial charge is 0.336 e.